The summed E-state index contributed by atoms with van der Waals surface area (Å²) in [5.74, 6) is 0.161. The molecule has 1 atom stereocenters. The van der Waals surface area contributed by atoms with Gasteiger partial charge in [-0.25, -0.2) is 0 Å². The molecule has 0 saturated heterocycles. The summed E-state index contributed by atoms with van der Waals surface area (Å²) in [5, 5.41) is 9.63. The van der Waals surface area contributed by atoms with Crippen molar-refractivity contribution in [3.05, 3.63) is 40.3 Å². The van der Waals surface area contributed by atoms with Crippen molar-refractivity contribution in [3.8, 4) is 0 Å². The number of carbonyl (C=O) groups excluding carboxylic acids is 1. The summed E-state index contributed by atoms with van der Waals surface area (Å²) >= 11 is 1.81. The maximum absolute atomic E-state index is 11.7. The Hall–Kier alpha value is -1.66. The maximum Gasteiger partial charge on any atom is 0.222 e. The zero-order valence-corrected chi connectivity index (χ0v) is 14.6. The minimum atomic E-state index is 0.0388. The molecule has 23 heavy (non-hydrogen) atoms. The summed E-state index contributed by atoms with van der Waals surface area (Å²) in [7, 11) is 0. The van der Waals surface area contributed by atoms with Gasteiger partial charge in [-0.05, 0) is 23.9 Å². The number of rotatable bonds is 6. The minimum absolute atomic E-state index is 0.0388. The van der Waals surface area contributed by atoms with Gasteiger partial charge < -0.3 is 5.32 Å². The number of aromatic nitrogens is 2. The Bertz CT molecular complexity index is 635. The highest BCUT2D eigenvalue weighted by molar-refractivity contribution is 7.09. The summed E-state index contributed by atoms with van der Waals surface area (Å²) in [6.45, 7) is 7.44. The number of carbonyl (C=O) groups is 1. The van der Waals surface area contributed by atoms with Gasteiger partial charge in [0.05, 0.1) is 11.7 Å². The van der Waals surface area contributed by atoms with Crippen LogP contribution in [0, 0.1) is 5.92 Å². The van der Waals surface area contributed by atoms with Crippen LogP contribution in [0.3, 0.4) is 0 Å². The molecule has 1 aliphatic rings. The van der Waals surface area contributed by atoms with E-state index in [4.69, 9.17) is 0 Å². The Balaban J connectivity index is 1.61. The second-order valence-electron chi connectivity index (χ2n) is 6.40. The number of nitrogens with zero attached hydrogens (tertiary/aromatic N) is 3. The Kier molecular flexibility index (Phi) is 5.13. The SMILES string of the molecule is CC(C)C(=O)NCC[C@H]1CN(Cc2cccs2)Cc2ccnn21. The van der Waals surface area contributed by atoms with Crippen molar-refractivity contribution in [2.24, 2.45) is 5.92 Å². The number of thiophene rings is 1. The Labute approximate surface area is 141 Å². The normalized spacial score (nSPS) is 18.1. The number of nitrogens with one attached hydrogen (secondary N) is 1. The Morgan fingerprint density at radius 2 is 2.35 bits per heavy atom. The van der Waals surface area contributed by atoms with Crippen LogP contribution in [0.5, 0.6) is 0 Å². The molecular weight excluding hydrogens is 308 g/mol. The topological polar surface area (TPSA) is 50.2 Å². The first-order valence-electron chi connectivity index (χ1n) is 8.18. The predicted molar refractivity (Wildman–Crippen MR) is 92.2 cm³/mol. The van der Waals surface area contributed by atoms with Gasteiger partial charge in [0.1, 0.15) is 0 Å². The minimum Gasteiger partial charge on any atom is -0.356 e. The number of hydrogen-bond donors (Lipinski definition) is 1. The molecule has 0 spiro atoms. The van der Waals surface area contributed by atoms with Gasteiger partial charge >= 0.3 is 0 Å². The first-order chi connectivity index (χ1) is 11.1. The van der Waals surface area contributed by atoms with Crippen LogP contribution in [0.25, 0.3) is 0 Å². The van der Waals surface area contributed by atoms with Crippen molar-refractivity contribution in [2.45, 2.75) is 39.4 Å². The standard InChI is InChI=1S/C17H24N4OS/c1-13(2)17(22)18-7-5-14-10-20(12-16-4-3-9-23-16)11-15-6-8-19-21(14)15/h3-4,6,8-9,13-14H,5,7,10-12H2,1-2H3,(H,18,22)/t14-/m0/s1. The maximum atomic E-state index is 11.7. The second kappa shape index (κ2) is 7.27. The predicted octanol–water partition coefficient (Wildman–Crippen LogP) is 2.66. The molecule has 0 aromatic carbocycles. The molecule has 1 amide bonds. The molecule has 2 aromatic rings. The molecule has 0 unspecified atom stereocenters. The zero-order valence-electron chi connectivity index (χ0n) is 13.7. The van der Waals surface area contributed by atoms with Gasteiger partial charge in [0.15, 0.2) is 0 Å². The van der Waals surface area contributed by atoms with E-state index in [2.05, 4.69) is 43.6 Å². The van der Waals surface area contributed by atoms with E-state index in [0.717, 1.165) is 26.1 Å². The summed E-state index contributed by atoms with van der Waals surface area (Å²) in [5.41, 5.74) is 1.26. The van der Waals surface area contributed by atoms with Gasteiger partial charge in [-0.1, -0.05) is 19.9 Å². The van der Waals surface area contributed by atoms with Crippen LogP contribution in [0.15, 0.2) is 29.8 Å². The van der Waals surface area contributed by atoms with E-state index in [1.165, 1.54) is 10.6 Å². The highest BCUT2D eigenvalue weighted by Crippen LogP contribution is 2.25. The van der Waals surface area contributed by atoms with Crippen LogP contribution in [-0.2, 0) is 17.9 Å². The average Bonchev–Trinajstić information content (AvgIpc) is 3.18. The monoisotopic (exact) mass is 332 g/mol. The highest BCUT2D eigenvalue weighted by atomic mass is 32.1. The van der Waals surface area contributed by atoms with Gasteiger partial charge in [0.2, 0.25) is 5.91 Å². The third-order valence-corrected chi connectivity index (χ3v) is 5.07. The third kappa shape index (κ3) is 4.00. The molecule has 0 saturated carbocycles. The molecule has 0 fully saturated rings. The zero-order chi connectivity index (χ0) is 16.2. The lowest BCUT2D eigenvalue weighted by Gasteiger charge is -2.33. The smallest absolute Gasteiger partial charge is 0.222 e. The summed E-state index contributed by atoms with van der Waals surface area (Å²) in [6.07, 6.45) is 2.79. The molecule has 0 aliphatic carbocycles. The lowest BCUT2D eigenvalue weighted by atomic mass is 10.1. The fourth-order valence-corrected chi connectivity index (χ4v) is 3.73. The molecule has 1 N–H and O–H groups in total. The molecule has 2 aromatic heterocycles. The molecule has 3 rings (SSSR count). The molecule has 0 bridgehead atoms. The van der Waals surface area contributed by atoms with Crippen LogP contribution in [0.4, 0.5) is 0 Å². The van der Waals surface area contributed by atoms with Crippen LogP contribution < -0.4 is 5.32 Å². The Morgan fingerprint density at radius 1 is 1.48 bits per heavy atom. The van der Waals surface area contributed by atoms with Crippen molar-refractivity contribution in [2.75, 3.05) is 13.1 Å². The van der Waals surface area contributed by atoms with Gasteiger partial charge in [-0.15, -0.1) is 11.3 Å². The first-order valence-corrected chi connectivity index (χ1v) is 9.06. The van der Waals surface area contributed by atoms with Gasteiger partial charge in [0.25, 0.3) is 0 Å². The fourth-order valence-electron chi connectivity index (χ4n) is 2.99. The number of amides is 1. The third-order valence-electron chi connectivity index (χ3n) is 4.21. The highest BCUT2D eigenvalue weighted by Gasteiger charge is 2.25. The van der Waals surface area contributed by atoms with Gasteiger partial charge in [-0.3, -0.25) is 14.4 Å². The number of fused-ring (bicyclic) bond motifs is 1. The van der Waals surface area contributed by atoms with Crippen molar-refractivity contribution < 1.29 is 4.79 Å². The van der Waals surface area contributed by atoms with E-state index >= 15 is 0 Å². The van der Waals surface area contributed by atoms with E-state index in [9.17, 15) is 4.79 Å². The summed E-state index contributed by atoms with van der Waals surface area (Å²) < 4.78 is 2.13. The van der Waals surface area contributed by atoms with E-state index in [0.29, 0.717) is 12.6 Å². The van der Waals surface area contributed by atoms with Crippen molar-refractivity contribution in [1.82, 2.24) is 20.0 Å². The molecule has 3 heterocycles. The largest absolute Gasteiger partial charge is 0.356 e. The first kappa shape index (κ1) is 16.2. The van der Waals surface area contributed by atoms with E-state index in [1.54, 1.807) is 11.3 Å². The van der Waals surface area contributed by atoms with E-state index in [-0.39, 0.29) is 11.8 Å². The molecule has 5 nitrogen and oxygen atoms in total. The summed E-state index contributed by atoms with van der Waals surface area (Å²) in [6, 6.07) is 6.71. The molecular formula is C17H24N4OS. The van der Waals surface area contributed by atoms with Gasteiger partial charge in [0, 0.05) is 43.2 Å². The van der Waals surface area contributed by atoms with Crippen LogP contribution in [-0.4, -0.2) is 33.7 Å². The Morgan fingerprint density at radius 3 is 3.09 bits per heavy atom. The van der Waals surface area contributed by atoms with Crippen molar-refractivity contribution in [3.63, 3.8) is 0 Å². The fraction of sp³-hybridized carbons (Fsp3) is 0.529. The van der Waals surface area contributed by atoms with E-state index < -0.39 is 0 Å². The molecule has 6 heteroatoms. The van der Waals surface area contributed by atoms with Crippen LogP contribution in [0.1, 0.15) is 36.9 Å². The van der Waals surface area contributed by atoms with Crippen molar-refractivity contribution >= 4 is 17.2 Å². The average molecular weight is 332 g/mol. The summed E-state index contributed by atoms with van der Waals surface area (Å²) in [4.78, 5) is 15.6. The quantitative estimate of drug-likeness (QED) is 0.885. The van der Waals surface area contributed by atoms with E-state index in [1.807, 2.05) is 20.0 Å². The molecule has 0 radical (unpaired) electrons. The lowest BCUT2D eigenvalue weighted by Crippen LogP contribution is -2.39. The van der Waals surface area contributed by atoms with Gasteiger partial charge in [-0.2, -0.15) is 5.10 Å². The number of hydrogen-bond acceptors (Lipinski definition) is 4. The molecule has 1 aliphatic heterocycles. The lowest BCUT2D eigenvalue weighted by molar-refractivity contribution is -0.124. The van der Waals surface area contributed by atoms with Crippen molar-refractivity contribution in [1.29, 1.82) is 0 Å². The van der Waals surface area contributed by atoms with Crippen LogP contribution in [0.2, 0.25) is 0 Å². The second-order valence-corrected chi connectivity index (χ2v) is 7.44. The van der Waals surface area contributed by atoms with Crippen LogP contribution >= 0.6 is 11.3 Å². The molecule has 124 valence electrons.